The SMILES string of the molecule is C#C.CC(C)C.CC1CCC[C@H](NC(=O)CNC(=O)C(NC(=O)c2cnccn2)C2CCCCC2)[C@@H]1C.CCCC(NC=O)C(=O)C(=O)NC1CC1. The van der Waals surface area contributed by atoms with Crippen molar-refractivity contribution in [2.24, 2.45) is 23.7 Å². The van der Waals surface area contributed by atoms with Gasteiger partial charge < -0.3 is 26.6 Å². The molecule has 4 rings (SSSR count). The molecule has 0 saturated heterocycles. The summed E-state index contributed by atoms with van der Waals surface area (Å²) < 4.78 is 0. The van der Waals surface area contributed by atoms with Crippen LogP contribution in [0.15, 0.2) is 18.6 Å². The van der Waals surface area contributed by atoms with E-state index < -0.39 is 29.7 Å². The molecule has 290 valence electrons. The number of amides is 5. The van der Waals surface area contributed by atoms with E-state index in [0.29, 0.717) is 24.7 Å². The third kappa shape index (κ3) is 17.7. The van der Waals surface area contributed by atoms with E-state index in [2.05, 4.69) is 84.0 Å². The molecule has 1 heterocycles. The van der Waals surface area contributed by atoms with Gasteiger partial charge in [0, 0.05) is 24.5 Å². The molecule has 0 spiro atoms. The van der Waals surface area contributed by atoms with Gasteiger partial charge in [-0.05, 0) is 62.2 Å². The number of hydrogen-bond acceptors (Lipinski definition) is 8. The number of terminal acetylenes is 1. The number of rotatable bonds is 14. The molecular formula is C39H63N7O6. The summed E-state index contributed by atoms with van der Waals surface area (Å²) in [5.41, 5.74) is 0.175. The number of ketones is 1. The minimum absolute atomic E-state index is 0.0525. The summed E-state index contributed by atoms with van der Waals surface area (Å²) in [5, 5.41) is 13.6. The summed E-state index contributed by atoms with van der Waals surface area (Å²) in [7, 11) is 0. The van der Waals surface area contributed by atoms with Gasteiger partial charge in [-0.2, -0.15) is 0 Å². The highest BCUT2D eigenvalue weighted by Crippen LogP contribution is 2.29. The first kappa shape index (κ1) is 45.7. The monoisotopic (exact) mass is 725 g/mol. The zero-order chi connectivity index (χ0) is 39.1. The van der Waals surface area contributed by atoms with Crippen molar-refractivity contribution in [3.63, 3.8) is 0 Å². The normalized spacial score (nSPS) is 20.6. The van der Waals surface area contributed by atoms with Crippen LogP contribution in [0.3, 0.4) is 0 Å². The molecule has 5 atom stereocenters. The summed E-state index contributed by atoms with van der Waals surface area (Å²) >= 11 is 0. The first-order valence-corrected chi connectivity index (χ1v) is 18.9. The fourth-order valence-corrected chi connectivity index (χ4v) is 6.12. The smallest absolute Gasteiger partial charge is 0.289 e. The van der Waals surface area contributed by atoms with Crippen LogP contribution in [0.25, 0.3) is 0 Å². The lowest BCUT2D eigenvalue weighted by molar-refractivity contribution is -0.139. The molecule has 3 saturated carbocycles. The predicted molar refractivity (Wildman–Crippen MR) is 201 cm³/mol. The van der Waals surface area contributed by atoms with E-state index in [1.807, 2.05) is 6.92 Å². The van der Waals surface area contributed by atoms with Gasteiger partial charge in [-0.1, -0.05) is 80.1 Å². The molecule has 0 radical (unpaired) electrons. The Morgan fingerprint density at radius 2 is 1.56 bits per heavy atom. The summed E-state index contributed by atoms with van der Waals surface area (Å²) in [4.78, 5) is 79.2. The molecule has 52 heavy (non-hydrogen) atoms. The molecule has 5 N–H and O–H groups in total. The lowest BCUT2D eigenvalue weighted by Gasteiger charge is -2.34. The second kappa shape index (κ2) is 25.6. The molecule has 1 aromatic rings. The Labute approximate surface area is 310 Å². The summed E-state index contributed by atoms with van der Waals surface area (Å²) in [5.74, 6) is -0.146. The van der Waals surface area contributed by atoms with E-state index in [0.717, 1.165) is 70.1 Å². The summed E-state index contributed by atoms with van der Waals surface area (Å²) in [6.45, 7) is 12.7. The van der Waals surface area contributed by atoms with E-state index in [9.17, 15) is 28.8 Å². The maximum atomic E-state index is 13.0. The van der Waals surface area contributed by atoms with Gasteiger partial charge in [0.15, 0.2) is 0 Å². The van der Waals surface area contributed by atoms with Crippen LogP contribution in [0.5, 0.6) is 0 Å². The first-order chi connectivity index (χ1) is 24.9. The predicted octanol–water partition coefficient (Wildman–Crippen LogP) is 3.87. The van der Waals surface area contributed by atoms with Crippen molar-refractivity contribution in [2.45, 2.75) is 143 Å². The number of aromatic nitrogens is 2. The highest BCUT2D eigenvalue weighted by atomic mass is 16.2. The summed E-state index contributed by atoms with van der Waals surface area (Å²) in [6.07, 6.45) is 24.2. The van der Waals surface area contributed by atoms with E-state index in [1.165, 1.54) is 25.0 Å². The number of Topliss-reactive ketones (excluding diaryl/α,β-unsaturated/α-hetero) is 1. The molecule has 0 aliphatic heterocycles. The van der Waals surface area contributed by atoms with Crippen LogP contribution in [0.1, 0.15) is 129 Å². The number of nitrogens with one attached hydrogen (secondary N) is 5. The van der Waals surface area contributed by atoms with E-state index in [-0.39, 0.29) is 42.1 Å². The molecular weight excluding hydrogens is 662 g/mol. The van der Waals surface area contributed by atoms with E-state index in [1.54, 1.807) is 0 Å². The molecule has 3 unspecified atom stereocenters. The van der Waals surface area contributed by atoms with Crippen molar-refractivity contribution in [3.8, 4) is 12.8 Å². The van der Waals surface area contributed by atoms with Crippen LogP contribution in [-0.4, -0.2) is 76.5 Å². The molecule has 13 heteroatoms. The van der Waals surface area contributed by atoms with Crippen LogP contribution in [-0.2, 0) is 24.0 Å². The van der Waals surface area contributed by atoms with Gasteiger partial charge in [-0.25, -0.2) is 4.98 Å². The van der Waals surface area contributed by atoms with Crippen LogP contribution in [0, 0.1) is 36.5 Å². The Bertz CT molecular complexity index is 1260. The third-order valence-electron chi connectivity index (χ3n) is 9.26. The zero-order valence-electron chi connectivity index (χ0n) is 32.1. The van der Waals surface area contributed by atoms with Gasteiger partial charge in [0.2, 0.25) is 24.0 Å². The number of carbonyl (C=O) groups excluding carboxylic acids is 6. The fraction of sp³-hybridized carbons (Fsp3) is 0.692. The fourth-order valence-electron chi connectivity index (χ4n) is 6.12. The number of hydrogen-bond donors (Lipinski definition) is 5. The number of nitrogens with zero attached hydrogens (tertiary/aromatic N) is 2. The molecule has 5 amide bonds. The molecule has 0 aromatic carbocycles. The van der Waals surface area contributed by atoms with Gasteiger partial charge in [0.1, 0.15) is 11.7 Å². The molecule has 3 fully saturated rings. The van der Waals surface area contributed by atoms with Crippen molar-refractivity contribution in [1.29, 1.82) is 0 Å². The van der Waals surface area contributed by atoms with Crippen molar-refractivity contribution < 1.29 is 28.8 Å². The lowest BCUT2D eigenvalue weighted by atomic mass is 9.78. The largest absolute Gasteiger partial charge is 0.352 e. The van der Waals surface area contributed by atoms with Crippen molar-refractivity contribution in [1.82, 2.24) is 36.6 Å². The first-order valence-electron chi connectivity index (χ1n) is 18.9. The Balaban J connectivity index is 0.000000535. The minimum atomic E-state index is -0.684. The van der Waals surface area contributed by atoms with Crippen molar-refractivity contribution >= 4 is 35.8 Å². The van der Waals surface area contributed by atoms with E-state index >= 15 is 0 Å². The quantitative estimate of drug-likeness (QED) is 0.109. The van der Waals surface area contributed by atoms with Crippen LogP contribution >= 0.6 is 0 Å². The molecule has 1 aromatic heterocycles. The van der Waals surface area contributed by atoms with Crippen molar-refractivity contribution in [3.05, 3.63) is 24.3 Å². The van der Waals surface area contributed by atoms with Gasteiger partial charge in [0.25, 0.3) is 11.8 Å². The van der Waals surface area contributed by atoms with Crippen LogP contribution in [0.2, 0.25) is 0 Å². The Morgan fingerprint density at radius 1 is 0.904 bits per heavy atom. The highest BCUT2D eigenvalue weighted by molar-refractivity contribution is 6.38. The maximum Gasteiger partial charge on any atom is 0.289 e. The molecule has 3 aliphatic rings. The van der Waals surface area contributed by atoms with Crippen LogP contribution < -0.4 is 26.6 Å². The Morgan fingerprint density at radius 3 is 2.12 bits per heavy atom. The standard InChI is InChI=1S/C23H35N5O3.C10H16N2O3.C4H10.C2H2/c1-15-7-6-10-18(16(15)2)27-20(29)14-26-23(31)21(17-8-4-3-5-9-17)28-22(30)19-13-24-11-12-25-19;1-2-3-8(11-6-13)9(14)10(15)12-7-4-5-7;1-4(2)3;1-2/h11-13,15-18,21H,3-10,14H2,1-2H3,(H,26,31)(H,27,29)(H,28,30);6-8H,2-5H2,1H3,(H,11,13)(H,12,15);4H,1-3H3;1-2H/t15?,16-,18+,21?;;;/m1.../s1. The second-order valence-electron chi connectivity index (χ2n) is 14.6. The highest BCUT2D eigenvalue weighted by Gasteiger charge is 2.33. The third-order valence-corrected chi connectivity index (χ3v) is 9.26. The van der Waals surface area contributed by atoms with E-state index in [4.69, 9.17) is 0 Å². The zero-order valence-corrected chi connectivity index (χ0v) is 32.1. The van der Waals surface area contributed by atoms with Gasteiger partial charge in [-0.15, -0.1) is 12.8 Å². The average molecular weight is 726 g/mol. The summed E-state index contributed by atoms with van der Waals surface area (Å²) in [6, 6.07) is -1.04. The second-order valence-corrected chi connectivity index (χ2v) is 14.6. The van der Waals surface area contributed by atoms with Gasteiger partial charge in [-0.3, -0.25) is 33.8 Å². The average Bonchev–Trinajstić information content (AvgIpc) is 3.96. The van der Waals surface area contributed by atoms with Gasteiger partial charge >= 0.3 is 0 Å². The minimum Gasteiger partial charge on any atom is -0.352 e. The Hall–Kier alpha value is -4.34. The topological polar surface area (TPSA) is 188 Å². The number of carbonyl (C=O) groups is 6. The maximum absolute atomic E-state index is 13.0. The Kier molecular flexibility index (Phi) is 22.5. The van der Waals surface area contributed by atoms with Crippen molar-refractivity contribution in [2.75, 3.05) is 6.54 Å². The molecule has 13 nitrogen and oxygen atoms in total. The lowest BCUT2D eigenvalue weighted by Crippen LogP contribution is -2.54. The van der Waals surface area contributed by atoms with Gasteiger partial charge in [0.05, 0.1) is 18.8 Å². The van der Waals surface area contributed by atoms with Crippen LogP contribution in [0.4, 0.5) is 0 Å². The molecule has 3 aliphatic carbocycles. The molecule has 0 bridgehead atoms.